The molecule has 0 saturated heterocycles. The number of rotatable bonds is 5. The van der Waals surface area contributed by atoms with Crippen molar-refractivity contribution < 1.29 is 19.1 Å². The van der Waals surface area contributed by atoms with Crippen LogP contribution >= 0.6 is 12.2 Å². The first-order chi connectivity index (χ1) is 10.0. The molecule has 112 valence electrons. The van der Waals surface area contributed by atoms with Gasteiger partial charge in [0.25, 0.3) is 0 Å². The SMILES string of the molecule is C=CCNC(=S)Nc1cc(C(=O)OC)ccc1C(=O)OC. The van der Waals surface area contributed by atoms with Gasteiger partial charge in [0, 0.05) is 6.54 Å². The second-order valence-electron chi connectivity index (χ2n) is 3.87. The highest BCUT2D eigenvalue weighted by Crippen LogP contribution is 2.19. The van der Waals surface area contributed by atoms with Crippen molar-refractivity contribution in [2.75, 3.05) is 26.1 Å². The molecule has 0 spiro atoms. The van der Waals surface area contributed by atoms with Crippen LogP contribution in [-0.4, -0.2) is 37.8 Å². The molecule has 1 aromatic carbocycles. The maximum atomic E-state index is 11.7. The Morgan fingerprint density at radius 1 is 1.29 bits per heavy atom. The Morgan fingerprint density at radius 2 is 1.95 bits per heavy atom. The van der Waals surface area contributed by atoms with Gasteiger partial charge in [0.05, 0.1) is 31.0 Å². The van der Waals surface area contributed by atoms with Crippen molar-refractivity contribution in [3.8, 4) is 0 Å². The van der Waals surface area contributed by atoms with Crippen molar-refractivity contribution in [2.24, 2.45) is 0 Å². The molecule has 6 nitrogen and oxygen atoms in total. The van der Waals surface area contributed by atoms with E-state index in [4.69, 9.17) is 17.0 Å². The highest BCUT2D eigenvalue weighted by atomic mass is 32.1. The second kappa shape index (κ2) is 8.01. The molecule has 0 saturated carbocycles. The number of carbonyl (C=O) groups excluding carboxylic acids is 2. The quantitative estimate of drug-likeness (QED) is 0.487. The van der Waals surface area contributed by atoms with Crippen molar-refractivity contribution in [2.45, 2.75) is 0 Å². The summed E-state index contributed by atoms with van der Waals surface area (Å²) in [6.45, 7) is 4.03. The lowest BCUT2D eigenvalue weighted by Gasteiger charge is -2.13. The number of methoxy groups -OCH3 is 2. The summed E-state index contributed by atoms with van der Waals surface area (Å²) in [5.41, 5.74) is 0.901. The lowest BCUT2D eigenvalue weighted by Crippen LogP contribution is -2.29. The van der Waals surface area contributed by atoms with Gasteiger partial charge in [-0.05, 0) is 30.4 Å². The molecule has 0 aliphatic carbocycles. The first kappa shape index (κ1) is 16.6. The van der Waals surface area contributed by atoms with Crippen LogP contribution in [0.5, 0.6) is 0 Å². The Hall–Kier alpha value is -2.41. The number of anilines is 1. The molecule has 2 N–H and O–H groups in total. The van der Waals surface area contributed by atoms with Crippen molar-refractivity contribution in [3.05, 3.63) is 42.0 Å². The molecule has 0 aliphatic rings. The fraction of sp³-hybridized carbons (Fsp3) is 0.214. The number of hydrogen-bond donors (Lipinski definition) is 2. The third kappa shape index (κ3) is 4.57. The predicted octanol–water partition coefficient (Wildman–Crippen LogP) is 1.73. The zero-order valence-electron chi connectivity index (χ0n) is 11.8. The average Bonchev–Trinajstić information content (AvgIpc) is 2.51. The van der Waals surface area contributed by atoms with Crippen molar-refractivity contribution in [3.63, 3.8) is 0 Å². The van der Waals surface area contributed by atoms with Gasteiger partial charge in [-0.2, -0.15) is 0 Å². The van der Waals surface area contributed by atoms with E-state index in [1.807, 2.05) is 0 Å². The third-order valence-corrected chi connectivity index (χ3v) is 2.75. The van der Waals surface area contributed by atoms with Crippen LogP contribution in [0.4, 0.5) is 5.69 Å². The van der Waals surface area contributed by atoms with Crippen LogP contribution in [0.2, 0.25) is 0 Å². The van der Waals surface area contributed by atoms with Gasteiger partial charge in [-0.15, -0.1) is 6.58 Å². The fourth-order valence-electron chi connectivity index (χ4n) is 1.51. The molecule has 0 atom stereocenters. The van der Waals surface area contributed by atoms with Gasteiger partial charge in [-0.3, -0.25) is 0 Å². The number of hydrogen-bond acceptors (Lipinski definition) is 5. The Kier molecular flexibility index (Phi) is 6.35. The molecule has 0 unspecified atom stereocenters. The largest absolute Gasteiger partial charge is 0.465 e. The topological polar surface area (TPSA) is 76.7 Å². The van der Waals surface area contributed by atoms with E-state index in [1.54, 1.807) is 6.08 Å². The van der Waals surface area contributed by atoms with E-state index >= 15 is 0 Å². The number of ether oxygens (including phenoxy) is 2. The second-order valence-corrected chi connectivity index (χ2v) is 4.28. The number of carbonyl (C=O) groups is 2. The maximum absolute atomic E-state index is 11.7. The standard InChI is InChI=1S/C14H16N2O4S/c1-4-7-15-14(21)16-11-8-9(12(17)19-2)5-6-10(11)13(18)20-3/h4-6,8H,1,7H2,2-3H3,(H2,15,16,21). The highest BCUT2D eigenvalue weighted by molar-refractivity contribution is 7.80. The highest BCUT2D eigenvalue weighted by Gasteiger charge is 2.16. The number of benzene rings is 1. The van der Waals surface area contributed by atoms with Gasteiger partial charge in [0.2, 0.25) is 0 Å². The summed E-state index contributed by atoms with van der Waals surface area (Å²) < 4.78 is 9.33. The summed E-state index contributed by atoms with van der Waals surface area (Å²) >= 11 is 5.08. The number of nitrogens with one attached hydrogen (secondary N) is 2. The van der Waals surface area contributed by atoms with Gasteiger partial charge >= 0.3 is 11.9 Å². The zero-order chi connectivity index (χ0) is 15.8. The summed E-state index contributed by atoms with van der Waals surface area (Å²) in [5, 5.41) is 6.00. The zero-order valence-corrected chi connectivity index (χ0v) is 12.6. The van der Waals surface area contributed by atoms with Gasteiger partial charge in [-0.1, -0.05) is 6.08 Å². The van der Waals surface area contributed by atoms with E-state index in [0.29, 0.717) is 22.9 Å². The molecule has 0 radical (unpaired) electrons. The molecule has 0 aromatic heterocycles. The van der Waals surface area contributed by atoms with E-state index in [2.05, 4.69) is 21.9 Å². The number of esters is 2. The lowest BCUT2D eigenvalue weighted by molar-refractivity contribution is 0.0587. The van der Waals surface area contributed by atoms with Crippen LogP contribution in [0, 0.1) is 0 Å². The van der Waals surface area contributed by atoms with Gasteiger partial charge in [0.1, 0.15) is 0 Å². The Bertz CT molecular complexity index is 572. The van der Waals surface area contributed by atoms with E-state index in [0.717, 1.165) is 0 Å². The fourth-order valence-corrected chi connectivity index (χ4v) is 1.71. The third-order valence-electron chi connectivity index (χ3n) is 2.50. The van der Waals surface area contributed by atoms with E-state index in [9.17, 15) is 9.59 Å². The molecule has 0 aliphatic heterocycles. The minimum absolute atomic E-state index is 0.257. The molecule has 1 aromatic rings. The molecular weight excluding hydrogens is 292 g/mol. The van der Waals surface area contributed by atoms with Crippen LogP contribution in [0.25, 0.3) is 0 Å². The minimum atomic E-state index is -0.541. The van der Waals surface area contributed by atoms with E-state index < -0.39 is 11.9 Å². The smallest absolute Gasteiger partial charge is 0.339 e. The Labute approximate surface area is 128 Å². The Morgan fingerprint density at radius 3 is 2.52 bits per heavy atom. The van der Waals surface area contributed by atoms with E-state index in [1.165, 1.54) is 32.4 Å². The number of thiocarbonyl (C=S) groups is 1. The Balaban J connectivity index is 3.10. The van der Waals surface area contributed by atoms with Gasteiger partial charge in [0.15, 0.2) is 5.11 Å². The van der Waals surface area contributed by atoms with Gasteiger partial charge in [-0.25, -0.2) is 9.59 Å². The molecule has 0 heterocycles. The van der Waals surface area contributed by atoms with Gasteiger partial charge < -0.3 is 20.1 Å². The van der Waals surface area contributed by atoms with Crippen LogP contribution < -0.4 is 10.6 Å². The van der Waals surface area contributed by atoms with Crippen LogP contribution in [0.3, 0.4) is 0 Å². The molecule has 0 bridgehead atoms. The van der Waals surface area contributed by atoms with Crippen LogP contribution in [-0.2, 0) is 9.47 Å². The average molecular weight is 308 g/mol. The first-order valence-electron chi connectivity index (χ1n) is 6.00. The van der Waals surface area contributed by atoms with E-state index in [-0.39, 0.29) is 5.56 Å². The molecule has 21 heavy (non-hydrogen) atoms. The first-order valence-corrected chi connectivity index (χ1v) is 6.40. The van der Waals surface area contributed by atoms with Crippen LogP contribution in [0.15, 0.2) is 30.9 Å². The minimum Gasteiger partial charge on any atom is -0.465 e. The van der Waals surface area contributed by atoms with Crippen molar-refractivity contribution in [1.29, 1.82) is 0 Å². The monoisotopic (exact) mass is 308 g/mol. The summed E-state index contributed by atoms with van der Waals surface area (Å²) in [6.07, 6.45) is 1.64. The lowest BCUT2D eigenvalue weighted by atomic mass is 10.1. The molecular formula is C14H16N2O4S. The normalized spacial score (nSPS) is 9.43. The molecule has 0 fully saturated rings. The molecule has 7 heteroatoms. The van der Waals surface area contributed by atoms with Crippen LogP contribution in [0.1, 0.15) is 20.7 Å². The summed E-state index contributed by atoms with van der Waals surface area (Å²) in [6, 6.07) is 4.42. The molecule has 0 amide bonds. The summed E-state index contributed by atoms with van der Waals surface area (Å²) in [5.74, 6) is -1.06. The summed E-state index contributed by atoms with van der Waals surface area (Å²) in [4.78, 5) is 23.3. The van der Waals surface area contributed by atoms with Crippen molar-refractivity contribution >= 4 is 35.0 Å². The van der Waals surface area contributed by atoms with Crippen molar-refractivity contribution in [1.82, 2.24) is 5.32 Å². The molecule has 1 rings (SSSR count). The summed E-state index contributed by atoms with van der Waals surface area (Å²) in [7, 11) is 2.55. The maximum Gasteiger partial charge on any atom is 0.339 e. The predicted molar refractivity (Wildman–Crippen MR) is 83.5 cm³/mol.